The van der Waals surface area contributed by atoms with E-state index in [2.05, 4.69) is 39.8 Å². The molecule has 0 aliphatic heterocycles. The van der Waals surface area contributed by atoms with Crippen molar-refractivity contribution in [3.8, 4) is 22.5 Å². The zero-order valence-electron chi connectivity index (χ0n) is 16.0. The molecule has 6 nitrogen and oxygen atoms in total. The van der Waals surface area contributed by atoms with Crippen molar-refractivity contribution in [3.05, 3.63) is 48.1 Å². The lowest BCUT2D eigenvalue weighted by Gasteiger charge is -2.31. The number of nitrogens with zero attached hydrogens (tertiary/aromatic N) is 2. The van der Waals surface area contributed by atoms with E-state index >= 15 is 0 Å². The SMILES string of the molecule is Cc1ncc(-c2cc(-c3cc(SNCC4CC(O)C4)ccc3C)cnc2N)o1. The highest BCUT2D eigenvalue weighted by Crippen LogP contribution is 2.33. The minimum absolute atomic E-state index is 0.108. The molecule has 0 spiro atoms. The van der Waals surface area contributed by atoms with Gasteiger partial charge in [-0.1, -0.05) is 6.07 Å². The number of aliphatic hydroxyl groups is 1. The van der Waals surface area contributed by atoms with E-state index in [4.69, 9.17) is 10.2 Å². The van der Waals surface area contributed by atoms with Gasteiger partial charge in [0.05, 0.1) is 17.9 Å². The van der Waals surface area contributed by atoms with Crippen molar-refractivity contribution in [3.63, 3.8) is 0 Å². The van der Waals surface area contributed by atoms with Gasteiger partial charge in [-0.15, -0.1) is 0 Å². The summed E-state index contributed by atoms with van der Waals surface area (Å²) in [4.78, 5) is 9.66. The van der Waals surface area contributed by atoms with Crippen molar-refractivity contribution < 1.29 is 9.52 Å². The maximum Gasteiger partial charge on any atom is 0.191 e. The largest absolute Gasteiger partial charge is 0.441 e. The molecule has 146 valence electrons. The zero-order chi connectivity index (χ0) is 19.7. The Hall–Kier alpha value is -2.35. The normalized spacial score (nSPS) is 18.8. The highest BCUT2D eigenvalue weighted by Gasteiger charge is 2.26. The number of rotatable bonds is 6. The van der Waals surface area contributed by atoms with Crippen molar-refractivity contribution in [1.82, 2.24) is 14.7 Å². The van der Waals surface area contributed by atoms with Crippen LogP contribution in [-0.4, -0.2) is 27.7 Å². The number of hydrogen-bond acceptors (Lipinski definition) is 7. The number of nitrogen functional groups attached to an aromatic ring is 1. The van der Waals surface area contributed by atoms with Gasteiger partial charge in [-0.25, -0.2) is 9.97 Å². The van der Waals surface area contributed by atoms with Crippen LogP contribution in [0.2, 0.25) is 0 Å². The summed E-state index contributed by atoms with van der Waals surface area (Å²) in [5.74, 6) is 2.21. The third-order valence-corrected chi connectivity index (χ3v) is 5.90. The van der Waals surface area contributed by atoms with Crippen LogP contribution in [0.15, 0.2) is 46.0 Å². The van der Waals surface area contributed by atoms with Crippen LogP contribution >= 0.6 is 11.9 Å². The third kappa shape index (κ3) is 4.06. The maximum absolute atomic E-state index is 9.39. The minimum Gasteiger partial charge on any atom is -0.441 e. The molecule has 1 aliphatic carbocycles. The van der Waals surface area contributed by atoms with Crippen LogP contribution in [0.3, 0.4) is 0 Å². The second-order valence-corrected chi connectivity index (χ2v) is 8.28. The van der Waals surface area contributed by atoms with E-state index in [-0.39, 0.29) is 6.10 Å². The fourth-order valence-corrected chi connectivity index (χ4v) is 4.19. The molecule has 0 unspecified atom stereocenters. The van der Waals surface area contributed by atoms with Gasteiger partial charge in [0.15, 0.2) is 11.7 Å². The molecular weight excluding hydrogens is 372 g/mol. The van der Waals surface area contributed by atoms with Gasteiger partial charge in [0.25, 0.3) is 0 Å². The first-order valence-corrected chi connectivity index (χ1v) is 10.2. The summed E-state index contributed by atoms with van der Waals surface area (Å²) >= 11 is 1.62. The number of anilines is 1. The number of oxazole rings is 1. The van der Waals surface area contributed by atoms with E-state index in [1.54, 1.807) is 31.3 Å². The molecule has 1 aromatic carbocycles. The maximum atomic E-state index is 9.39. The van der Waals surface area contributed by atoms with Gasteiger partial charge in [0.1, 0.15) is 5.82 Å². The Labute approximate surface area is 168 Å². The van der Waals surface area contributed by atoms with Crippen LogP contribution in [0.5, 0.6) is 0 Å². The van der Waals surface area contributed by atoms with Crippen molar-refractivity contribution in [2.75, 3.05) is 12.3 Å². The first-order chi connectivity index (χ1) is 13.5. The first kappa shape index (κ1) is 19.0. The first-order valence-electron chi connectivity index (χ1n) is 9.36. The van der Waals surface area contributed by atoms with E-state index in [1.807, 2.05) is 6.07 Å². The van der Waals surface area contributed by atoms with E-state index < -0.39 is 0 Å². The second-order valence-electron chi connectivity index (χ2n) is 7.32. The van der Waals surface area contributed by atoms with Crippen molar-refractivity contribution in [1.29, 1.82) is 0 Å². The Morgan fingerprint density at radius 3 is 2.71 bits per heavy atom. The number of hydrogen-bond donors (Lipinski definition) is 3. The van der Waals surface area contributed by atoms with E-state index in [0.717, 1.165) is 46.5 Å². The fourth-order valence-electron chi connectivity index (χ4n) is 3.39. The van der Waals surface area contributed by atoms with Gasteiger partial charge in [0, 0.05) is 30.1 Å². The Kier molecular flexibility index (Phi) is 5.39. The summed E-state index contributed by atoms with van der Waals surface area (Å²) < 4.78 is 9.05. The van der Waals surface area contributed by atoms with Gasteiger partial charge in [-0.2, -0.15) is 0 Å². The molecule has 1 aliphatic rings. The summed E-state index contributed by atoms with van der Waals surface area (Å²) in [5.41, 5.74) is 10.1. The van der Waals surface area contributed by atoms with Gasteiger partial charge in [-0.3, -0.25) is 4.72 Å². The van der Waals surface area contributed by atoms with Crippen molar-refractivity contribution in [2.24, 2.45) is 5.92 Å². The fraction of sp³-hybridized carbons (Fsp3) is 0.333. The monoisotopic (exact) mass is 396 g/mol. The molecule has 2 aromatic heterocycles. The van der Waals surface area contributed by atoms with Gasteiger partial charge < -0.3 is 15.3 Å². The van der Waals surface area contributed by atoms with E-state index in [0.29, 0.717) is 23.4 Å². The molecule has 0 radical (unpaired) electrons. The molecule has 3 aromatic rings. The molecule has 4 rings (SSSR count). The number of benzene rings is 1. The van der Waals surface area contributed by atoms with Gasteiger partial charge in [0.2, 0.25) is 0 Å². The Bertz CT molecular complexity index is 982. The van der Waals surface area contributed by atoms with E-state index in [1.165, 1.54) is 0 Å². The van der Waals surface area contributed by atoms with Crippen molar-refractivity contribution >= 4 is 17.8 Å². The minimum atomic E-state index is -0.108. The predicted molar refractivity (Wildman–Crippen MR) is 112 cm³/mol. The Balaban J connectivity index is 1.55. The number of aryl methyl sites for hydroxylation is 2. The second kappa shape index (κ2) is 7.95. The number of nitrogens with one attached hydrogen (secondary N) is 1. The number of nitrogens with two attached hydrogens (primary N) is 1. The summed E-state index contributed by atoms with van der Waals surface area (Å²) in [5, 5.41) is 9.39. The summed E-state index contributed by atoms with van der Waals surface area (Å²) in [6.45, 7) is 4.80. The third-order valence-electron chi connectivity index (χ3n) is 5.10. The van der Waals surface area contributed by atoms with Crippen LogP contribution in [0.25, 0.3) is 22.5 Å². The lowest BCUT2D eigenvalue weighted by atomic mass is 9.83. The highest BCUT2D eigenvalue weighted by atomic mass is 32.2. The lowest BCUT2D eigenvalue weighted by molar-refractivity contribution is 0.0456. The van der Waals surface area contributed by atoms with Crippen molar-refractivity contribution in [2.45, 2.75) is 37.7 Å². The molecule has 1 saturated carbocycles. The molecular formula is C21H24N4O2S. The summed E-state index contributed by atoms with van der Waals surface area (Å²) in [7, 11) is 0. The zero-order valence-corrected chi connectivity index (χ0v) is 16.8. The highest BCUT2D eigenvalue weighted by molar-refractivity contribution is 7.97. The van der Waals surface area contributed by atoms with Gasteiger partial charge in [-0.05, 0) is 67.0 Å². The molecule has 0 atom stereocenters. The smallest absolute Gasteiger partial charge is 0.191 e. The number of aliphatic hydroxyl groups excluding tert-OH is 1. The quantitative estimate of drug-likeness (QED) is 0.542. The topological polar surface area (TPSA) is 97.2 Å². The molecule has 0 amide bonds. The Morgan fingerprint density at radius 2 is 2.00 bits per heavy atom. The average Bonchev–Trinajstić information content (AvgIpc) is 3.08. The van der Waals surface area contributed by atoms with Gasteiger partial charge >= 0.3 is 0 Å². The predicted octanol–water partition coefficient (Wildman–Crippen LogP) is 3.97. The molecule has 0 saturated heterocycles. The number of pyridine rings is 1. The van der Waals surface area contributed by atoms with Crippen LogP contribution in [-0.2, 0) is 0 Å². The molecule has 28 heavy (non-hydrogen) atoms. The summed E-state index contributed by atoms with van der Waals surface area (Å²) in [6, 6.07) is 8.38. The standard InChI is InChI=1S/C21H24N4O2S/c1-12-3-4-17(28-25-9-14-5-16(26)6-14)8-18(12)15-7-19(21(22)24-10-15)20-11-23-13(2)27-20/h3-4,7-8,10-11,14,16,25-26H,5-6,9H2,1-2H3,(H2,22,24). The molecule has 2 heterocycles. The van der Waals surface area contributed by atoms with Crippen LogP contribution in [0.1, 0.15) is 24.3 Å². The molecule has 7 heteroatoms. The molecule has 0 bridgehead atoms. The number of aromatic nitrogens is 2. The van der Waals surface area contributed by atoms with Crippen LogP contribution < -0.4 is 10.5 Å². The average molecular weight is 397 g/mol. The Morgan fingerprint density at radius 1 is 1.18 bits per heavy atom. The van der Waals surface area contributed by atoms with E-state index in [9.17, 15) is 5.11 Å². The van der Waals surface area contributed by atoms with Crippen LogP contribution in [0.4, 0.5) is 5.82 Å². The van der Waals surface area contributed by atoms with Crippen LogP contribution in [0, 0.1) is 19.8 Å². The lowest BCUT2D eigenvalue weighted by Crippen LogP contribution is -2.34. The molecule has 1 fully saturated rings. The molecule has 4 N–H and O–H groups in total. The summed E-state index contributed by atoms with van der Waals surface area (Å²) in [6.07, 6.45) is 5.15.